The molecule has 1 aliphatic carbocycles. The molecule has 122 valence electrons. The molecule has 0 N–H and O–H groups in total. The van der Waals surface area contributed by atoms with Crippen LogP contribution in [0.5, 0.6) is 0 Å². The van der Waals surface area contributed by atoms with Crippen LogP contribution in [-0.2, 0) is 11.2 Å². The molecule has 0 aromatic carbocycles. The lowest BCUT2D eigenvalue weighted by Gasteiger charge is -2.36. The predicted octanol–water partition coefficient (Wildman–Crippen LogP) is 2.34. The monoisotopic (exact) mass is 333 g/mol. The van der Waals surface area contributed by atoms with Gasteiger partial charge in [-0.1, -0.05) is 11.2 Å². The molecule has 0 spiro atoms. The number of carbonyl (C=O) groups excluding carboxylic acids is 1. The summed E-state index contributed by atoms with van der Waals surface area (Å²) in [6.45, 7) is 2.79. The molecular weight excluding hydrogens is 314 g/mol. The largest absolute Gasteiger partial charge is 0.381 e. The first-order valence-corrected chi connectivity index (χ1v) is 8.90. The number of likely N-dealkylation sites (tertiary alicyclic amines) is 1. The van der Waals surface area contributed by atoms with Crippen LogP contribution in [0.25, 0.3) is 0 Å². The standard InChI is InChI=1S/C16H19N3O3S/c20-16(13-2-1-7-23-13)19-8-12(9-19)15-17-14(18-22-15)5-6-21-10-11-3-4-11/h1-2,7,11-12H,3-6,8-10H2. The van der Waals surface area contributed by atoms with Crippen molar-refractivity contribution in [3.8, 4) is 0 Å². The van der Waals surface area contributed by atoms with E-state index in [-0.39, 0.29) is 11.8 Å². The van der Waals surface area contributed by atoms with Crippen LogP contribution in [0.3, 0.4) is 0 Å². The number of rotatable bonds is 7. The fraction of sp³-hybridized carbons (Fsp3) is 0.562. The van der Waals surface area contributed by atoms with E-state index in [4.69, 9.17) is 9.26 Å². The lowest BCUT2D eigenvalue weighted by Crippen LogP contribution is -2.48. The Morgan fingerprint density at radius 1 is 1.43 bits per heavy atom. The molecule has 2 aromatic heterocycles. The normalized spacial score (nSPS) is 18.2. The van der Waals surface area contributed by atoms with Gasteiger partial charge < -0.3 is 14.2 Å². The van der Waals surface area contributed by atoms with Crippen LogP contribution in [0.4, 0.5) is 0 Å². The molecule has 1 aliphatic heterocycles. The molecule has 0 atom stereocenters. The smallest absolute Gasteiger partial charge is 0.263 e. The van der Waals surface area contributed by atoms with E-state index in [9.17, 15) is 4.79 Å². The van der Waals surface area contributed by atoms with Gasteiger partial charge >= 0.3 is 0 Å². The van der Waals surface area contributed by atoms with Crippen molar-refractivity contribution in [1.82, 2.24) is 15.0 Å². The third-order valence-corrected chi connectivity index (χ3v) is 5.11. The van der Waals surface area contributed by atoms with E-state index in [1.807, 2.05) is 22.4 Å². The van der Waals surface area contributed by atoms with Crippen LogP contribution in [-0.4, -0.2) is 47.3 Å². The van der Waals surface area contributed by atoms with E-state index in [1.54, 1.807) is 0 Å². The highest BCUT2D eigenvalue weighted by Crippen LogP contribution is 2.29. The van der Waals surface area contributed by atoms with Gasteiger partial charge in [0.15, 0.2) is 5.82 Å². The Labute approximate surface area is 138 Å². The fourth-order valence-corrected chi connectivity index (χ4v) is 3.28. The van der Waals surface area contributed by atoms with Crippen molar-refractivity contribution in [3.63, 3.8) is 0 Å². The van der Waals surface area contributed by atoms with Gasteiger partial charge in [-0.15, -0.1) is 11.3 Å². The number of amides is 1. The number of ether oxygens (including phenoxy) is 1. The topological polar surface area (TPSA) is 68.5 Å². The van der Waals surface area contributed by atoms with Crippen LogP contribution in [0.15, 0.2) is 22.0 Å². The van der Waals surface area contributed by atoms with E-state index < -0.39 is 0 Å². The summed E-state index contributed by atoms with van der Waals surface area (Å²) in [6.07, 6.45) is 3.28. The van der Waals surface area contributed by atoms with Crippen LogP contribution in [0.2, 0.25) is 0 Å². The molecule has 6 nitrogen and oxygen atoms in total. The molecule has 1 saturated heterocycles. The Bertz CT molecular complexity index is 660. The highest BCUT2D eigenvalue weighted by atomic mass is 32.1. The van der Waals surface area contributed by atoms with Crippen molar-refractivity contribution >= 4 is 17.2 Å². The zero-order valence-corrected chi connectivity index (χ0v) is 13.6. The van der Waals surface area contributed by atoms with Crippen LogP contribution in [0.1, 0.15) is 40.1 Å². The van der Waals surface area contributed by atoms with E-state index in [1.165, 1.54) is 24.2 Å². The molecule has 4 rings (SSSR count). The molecular formula is C16H19N3O3S. The number of aromatic nitrogens is 2. The van der Waals surface area contributed by atoms with Crippen molar-refractivity contribution in [1.29, 1.82) is 0 Å². The van der Waals surface area contributed by atoms with Gasteiger partial charge in [0.1, 0.15) is 0 Å². The first kappa shape index (κ1) is 14.8. The van der Waals surface area contributed by atoms with Crippen molar-refractivity contribution in [3.05, 3.63) is 34.1 Å². The summed E-state index contributed by atoms with van der Waals surface area (Å²) in [4.78, 5) is 19.2. The average molecular weight is 333 g/mol. The molecule has 0 unspecified atom stereocenters. The van der Waals surface area contributed by atoms with Gasteiger partial charge in [-0.2, -0.15) is 4.98 Å². The molecule has 7 heteroatoms. The summed E-state index contributed by atoms with van der Waals surface area (Å²) in [6, 6.07) is 3.75. The summed E-state index contributed by atoms with van der Waals surface area (Å²) in [7, 11) is 0. The maximum atomic E-state index is 12.2. The van der Waals surface area contributed by atoms with Crippen LogP contribution < -0.4 is 0 Å². The molecule has 3 heterocycles. The lowest BCUT2D eigenvalue weighted by atomic mass is 10.00. The summed E-state index contributed by atoms with van der Waals surface area (Å²) in [5.41, 5.74) is 0. The van der Waals surface area contributed by atoms with E-state index >= 15 is 0 Å². The van der Waals surface area contributed by atoms with Crippen LogP contribution in [0, 0.1) is 5.92 Å². The van der Waals surface area contributed by atoms with Gasteiger partial charge in [0.2, 0.25) is 5.89 Å². The second kappa shape index (κ2) is 6.41. The minimum atomic E-state index is 0.0875. The minimum absolute atomic E-state index is 0.0875. The number of thiophene rings is 1. The molecule has 2 fully saturated rings. The Morgan fingerprint density at radius 2 is 2.30 bits per heavy atom. The third-order valence-electron chi connectivity index (χ3n) is 4.25. The van der Waals surface area contributed by atoms with Gasteiger partial charge in [-0.05, 0) is 30.2 Å². The number of hydrogen-bond donors (Lipinski definition) is 0. The van der Waals surface area contributed by atoms with Gasteiger partial charge in [-0.25, -0.2) is 0 Å². The highest BCUT2D eigenvalue weighted by molar-refractivity contribution is 7.12. The predicted molar refractivity (Wildman–Crippen MR) is 84.5 cm³/mol. The van der Waals surface area contributed by atoms with Gasteiger partial charge in [0.05, 0.1) is 17.4 Å². The third kappa shape index (κ3) is 3.45. The highest BCUT2D eigenvalue weighted by Gasteiger charge is 2.36. The van der Waals surface area contributed by atoms with Crippen LogP contribution >= 0.6 is 11.3 Å². The molecule has 23 heavy (non-hydrogen) atoms. The molecule has 2 aliphatic rings. The van der Waals surface area contributed by atoms with Crippen molar-refractivity contribution < 1.29 is 14.1 Å². The fourth-order valence-electron chi connectivity index (χ4n) is 2.59. The Kier molecular flexibility index (Phi) is 4.13. The number of nitrogens with zero attached hydrogens (tertiary/aromatic N) is 3. The summed E-state index contributed by atoms with van der Waals surface area (Å²) in [5, 5.41) is 5.92. The Morgan fingerprint density at radius 3 is 3.04 bits per heavy atom. The molecule has 0 bridgehead atoms. The van der Waals surface area contributed by atoms with Gasteiger partial charge in [-0.3, -0.25) is 4.79 Å². The van der Waals surface area contributed by atoms with Crippen molar-refractivity contribution in [2.75, 3.05) is 26.3 Å². The van der Waals surface area contributed by atoms with E-state index in [0.29, 0.717) is 37.8 Å². The SMILES string of the molecule is O=C(c1cccs1)N1CC(c2nc(CCOCC3CC3)no2)C1. The van der Waals surface area contributed by atoms with Gasteiger partial charge in [0.25, 0.3) is 5.91 Å². The summed E-state index contributed by atoms with van der Waals surface area (Å²) in [5.74, 6) is 2.35. The van der Waals surface area contributed by atoms with Crippen molar-refractivity contribution in [2.24, 2.45) is 5.92 Å². The zero-order valence-electron chi connectivity index (χ0n) is 12.8. The first-order valence-electron chi connectivity index (χ1n) is 8.02. The summed E-state index contributed by atoms with van der Waals surface area (Å²) < 4.78 is 10.9. The summed E-state index contributed by atoms with van der Waals surface area (Å²) >= 11 is 1.47. The minimum Gasteiger partial charge on any atom is -0.381 e. The van der Waals surface area contributed by atoms with Crippen molar-refractivity contribution in [2.45, 2.75) is 25.2 Å². The number of hydrogen-bond acceptors (Lipinski definition) is 6. The Hall–Kier alpha value is -1.73. The first-order chi connectivity index (χ1) is 11.3. The van der Waals surface area contributed by atoms with E-state index in [0.717, 1.165) is 17.4 Å². The quantitative estimate of drug-likeness (QED) is 0.728. The maximum Gasteiger partial charge on any atom is 0.263 e. The second-order valence-corrected chi connectivity index (χ2v) is 7.15. The van der Waals surface area contributed by atoms with Gasteiger partial charge in [0, 0.05) is 26.1 Å². The second-order valence-electron chi connectivity index (χ2n) is 6.20. The van der Waals surface area contributed by atoms with E-state index in [2.05, 4.69) is 10.1 Å². The maximum absolute atomic E-state index is 12.2. The number of carbonyl (C=O) groups is 1. The molecule has 0 radical (unpaired) electrons. The average Bonchev–Trinajstić information content (AvgIpc) is 3.00. The molecule has 2 aromatic rings. The molecule has 1 amide bonds. The molecule has 1 saturated carbocycles. The Balaban J connectivity index is 1.23. The lowest BCUT2D eigenvalue weighted by molar-refractivity contribution is 0.0574. The zero-order chi connectivity index (χ0) is 15.6.